The van der Waals surface area contributed by atoms with E-state index in [1.165, 1.54) is 12.4 Å². The molecule has 2 heterocycles. The summed E-state index contributed by atoms with van der Waals surface area (Å²) in [7, 11) is 0. The number of anilines is 1. The van der Waals surface area contributed by atoms with E-state index in [2.05, 4.69) is 20.6 Å². The van der Waals surface area contributed by atoms with Gasteiger partial charge in [-0.2, -0.15) is 0 Å². The monoisotopic (exact) mass is 271 g/mol. The van der Waals surface area contributed by atoms with Crippen molar-refractivity contribution in [2.45, 2.75) is 18.9 Å². The van der Waals surface area contributed by atoms with E-state index in [0.29, 0.717) is 19.5 Å². The van der Waals surface area contributed by atoms with Crippen molar-refractivity contribution in [3.05, 3.63) is 18.5 Å². The van der Waals surface area contributed by atoms with E-state index in [-0.39, 0.29) is 18.5 Å². The van der Waals surface area contributed by atoms with Crippen LogP contribution in [0.4, 0.5) is 19.5 Å². The van der Waals surface area contributed by atoms with Crippen LogP contribution in [0.1, 0.15) is 6.42 Å². The highest BCUT2D eigenvalue weighted by atomic mass is 19.3. The third kappa shape index (κ3) is 4.40. The van der Waals surface area contributed by atoms with Crippen molar-refractivity contribution in [1.82, 2.24) is 20.2 Å². The van der Waals surface area contributed by atoms with E-state index < -0.39 is 12.5 Å². The first kappa shape index (κ1) is 13.6. The number of carbonyl (C=O) groups excluding carboxylic acids is 1. The summed E-state index contributed by atoms with van der Waals surface area (Å²) in [6.07, 6.45) is 1.35. The van der Waals surface area contributed by atoms with Crippen molar-refractivity contribution in [1.29, 1.82) is 0 Å². The summed E-state index contributed by atoms with van der Waals surface area (Å²) in [5.41, 5.74) is 0. The van der Waals surface area contributed by atoms with E-state index in [4.69, 9.17) is 0 Å². The number of carbonyl (C=O) groups is 1. The summed E-state index contributed by atoms with van der Waals surface area (Å²) in [4.78, 5) is 21.0. The van der Waals surface area contributed by atoms with Gasteiger partial charge < -0.3 is 5.32 Å². The van der Waals surface area contributed by atoms with E-state index >= 15 is 0 Å². The number of amides is 2. The summed E-state index contributed by atoms with van der Waals surface area (Å²) in [5.74, 6) is 0.211. The molecule has 0 radical (unpaired) electrons. The van der Waals surface area contributed by atoms with Crippen molar-refractivity contribution in [3.8, 4) is 0 Å². The van der Waals surface area contributed by atoms with Crippen LogP contribution in [0.15, 0.2) is 18.5 Å². The third-order valence-electron chi connectivity index (χ3n) is 2.79. The van der Waals surface area contributed by atoms with Crippen LogP contribution in [-0.4, -0.2) is 53.0 Å². The maximum absolute atomic E-state index is 12.2. The second-order valence-corrected chi connectivity index (χ2v) is 4.31. The van der Waals surface area contributed by atoms with Crippen molar-refractivity contribution in [2.24, 2.45) is 0 Å². The van der Waals surface area contributed by atoms with Crippen molar-refractivity contribution < 1.29 is 13.6 Å². The molecule has 1 fully saturated rings. The molecule has 1 atom stereocenters. The SMILES string of the molecule is O=C(Nc1ncccn1)NC1CCN(CC(F)F)C1. The lowest BCUT2D eigenvalue weighted by atomic mass is 10.3. The molecule has 1 unspecified atom stereocenters. The standard InChI is InChI=1S/C11H15F2N5O/c12-9(13)7-18-5-2-8(6-18)16-11(19)17-10-14-3-1-4-15-10/h1,3-4,8-9H,2,5-7H2,(H2,14,15,16,17,19). The number of nitrogens with zero attached hydrogens (tertiary/aromatic N) is 3. The fourth-order valence-electron chi connectivity index (χ4n) is 2.00. The van der Waals surface area contributed by atoms with Gasteiger partial charge in [0.25, 0.3) is 6.43 Å². The lowest BCUT2D eigenvalue weighted by Crippen LogP contribution is -2.40. The molecular weight excluding hydrogens is 256 g/mol. The van der Waals surface area contributed by atoms with E-state index in [1.807, 2.05) is 0 Å². The molecule has 0 aromatic carbocycles. The number of nitrogens with one attached hydrogen (secondary N) is 2. The van der Waals surface area contributed by atoms with Crippen molar-refractivity contribution in [2.75, 3.05) is 25.0 Å². The fraction of sp³-hybridized carbons (Fsp3) is 0.545. The summed E-state index contributed by atoms with van der Waals surface area (Å²) >= 11 is 0. The predicted octanol–water partition coefficient (Wildman–Crippen LogP) is 0.938. The van der Waals surface area contributed by atoms with Gasteiger partial charge in [-0.1, -0.05) is 0 Å². The Morgan fingerprint density at radius 3 is 2.89 bits per heavy atom. The number of alkyl halides is 2. The zero-order valence-electron chi connectivity index (χ0n) is 10.2. The van der Waals surface area contributed by atoms with Gasteiger partial charge in [0, 0.05) is 31.5 Å². The van der Waals surface area contributed by atoms with Gasteiger partial charge in [0.05, 0.1) is 6.54 Å². The molecule has 1 aromatic rings. The van der Waals surface area contributed by atoms with Crippen molar-refractivity contribution >= 4 is 12.0 Å². The first-order valence-corrected chi connectivity index (χ1v) is 5.98. The number of likely N-dealkylation sites (tertiary alicyclic amines) is 1. The lowest BCUT2D eigenvalue weighted by molar-refractivity contribution is 0.0988. The molecule has 104 valence electrons. The summed E-state index contributed by atoms with van der Waals surface area (Å²) in [5, 5.41) is 5.20. The van der Waals surface area contributed by atoms with Crippen LogP contribution in [-0.2, 0) is 0 Å². The molecule has 0 aliphatic carbocycles. The van der Waals surface area contributed by atoms with Crippen LogP contribution < -0.4 is 10.6 Å². The molecular formula is C11H15F2N5O. The van der Waals surface area contributed by atoms with Crippen LogP contribution in [0.25, 0.3) is 0 Å². The molecule has 8 heteroatoms. The maximum atomic E-state index is 12.2. The molecule has 6 nitrogen and oxygen atoms in total. The smallest absolute Gasteiger partial charge is 0.321 e. The molecule has 1 aliphatic heterocycles. The Bertz CT molecular complexity index is 417. The van der Waals surface area contributed by atoms with Gasteiger partial charge in [0.15, 0.2) is 0 Å². The Morgan fingerprint density at radius 2 is 2.21 bits per heavy atom. The molecule has 2 N–H and O–H groups in total. The number of rotatable bonds is 4. The zero-order valence-corrected chi connectivity index (χ0v) is 10.2. The lowest BCUT2D eigenvalue weighted by Gasteiger charge is -2.16. The van der Waals surface area contributed by atoms with E-state index in [9.17, 15) is 13.6 Å². The molecule has 0 saturated carbocycles. The minimum atomic E-state index is -2.34. The topological polar surface area (TPSA) is 70.1 Å². The van der Waals surface area contributed by atoms with Crippen LogP contribution in [0.5, 0.6) is 0 Å². The highest BCUT2D eigenvalue weighted by Crippen LogP contribution is 2.11. The average molecular weight is 271 g/mol. The van der Waals surface area contributed by atoms with Crippen molar-refractivity contribution in [3.63, 3.8) is 0 Å². The summed E-state index contributed by atoms with van der Waals surface area (Å²) in [6, 6.07) is 1.10. The highest BCUT2D eigenvalue weighted by Gasteiger charge is 2.25. The quantitative estimate of drug-likeness (QED) is 0.855. The average Bonchev–Trinajstić information content (AvgIpc) is 2.76. The number of hydrogen-bond donors (Lipinski definition) is 2. The fourth-order valence-corrected chi connectivity index (χ4v) is 2.00. The van der Waals surface area contributed by atoms with Gasteiger partial charge in [-0.25, -0.2) is 23.5 Å². The van der Waals surface area contributed by atoms with E-state index in [1.54, 1.807) is 11.0 Å². The van der Waals surface area contributed by atoms with Crippen LogP contribution >= 0.6 is 0 Å². The Morgan fingerprint density at radius 1 is 1.47 bits per heavy atom. The van der Waals surface area contributed by atoms with Crippen LogP contribution in [0.3, 0.4) is 0 Å². The largest absolute Gasteiger partial charge is 0.334 e. The summed E-state index contributed by atoms with van der Waals surface area (Å²) in [6.45, 7) is 0.756. The normalized spacial score (nSPS) is 19.6. The van der Waals surface area contributed by atoms with Gasteiger partial charge >= 0.3 is 6.03 Å². The highest BCUT2D eigenvalue weighted by molar-refractivity contribution is 5.87. The predicted molar refractivity (Wildman–Crippen MR) is 65.0 cm³/mol. The Labute approximate surface area is 109 Å². The first-order valence-electron chi connectivity index (χ1n) is 5.98. The molecule has 1 aliphatic rings. The Kier molecular flexibility index (Phi) is 4.56. The minimum Gasteiger partial charge on any atom is -0.334 e. The van der Waals surface area contributed by atoms with Gasteiger partial charge in [0.2, 0.25) is 5.95 Å². The number of halogens is 2. The molecule has 19 heavy (non-hydrogen) atoms. The maximum Gasteiger partial charge on any atom is 0.321 e. The van der Waals surface area contributed by atoms with Gasteiger partial charge in [-0.15, -0.1) is 0 Å². The van der Waals surface area contributed by atoms with Crippen LogP contribution in [0, 0.1) is 0 Å². The minimum absolute atomic E-state index is 0.123. The molecule has 1 aromatic heterocycles. The Balaban J connectivity index is 1.75. The zero-order chi connectivity index (χ0) is 13.7. The number of aromatic nitrogens is 2. The molecule has 2 rings (SSSR count). The van der Waals surface area contributed by atoms with Crippen LogP contribution in [0.2, 0.25) is 0 Å². The second-order valence-electron chi connectivity index (χ2n) is 4.31. The first-order chi connectivity index (χ1) is 9.13. The van der Waals surface area contributed by atoms with E-state index in [0.717, 1.165) is 0 Å². The molecule has 0 spiro atoms. The second kappa shape index (κ2) is 6.37. The summed E-state index contributed by atoms with van der Waals surface area (Å²) < 4.78 is 24.4. The number of urea groups is 1. The van der Waals surface area contributed by atoms with Gasteiger partial charge in [-0.3, -0.25) is 10.2 Å². The number of hydrogen-bond acceptors (Lipinski definition) is 4. The molecule has 2 amide bonds. The third-order valence-corrected chi connectivity index (χ3v) is 2.79. The molecule has 1 saturated heterocycles. The Hall–Kier alpha value is -1.83. The van der Waals surface area contributed by atoms with Gasteiger partial charge in [0.1, 0.15) is 0 Å². The molecule has 0 bridgehead atoms. The van der Waals surface area contributed by atoms with Gasteiger partial charge in [-0.05, 0) is 12.5 Å².